The van der Waals surface area contributed by atoms with Crippen molar-refractivity contribution in [3.63, 3.8) is 0 Å². The van der Waals surface area contributed by atoms with E-state index in [-0.39, 0.29) is 15.9 Å². The SMILES string of the molecule is Cc1nc2ccccc2n1-c1nc(N2CCOCC2)c2nc(CN3CCC(C(=O)N(C)C)C3I)n(C)c2n1. The Morgan fingerprint density at radius 2 is 1.87 bits per heavy atom. The smallest absolute Gasteiger partial charge is 0.239 e. The fourth-order valence-electron chi connectivity index (χ4n) is 5.46. The second kappa shape index (κ2) is 10.0. The summed E-state index contributed by atoms with van der Waals surface area (Å²) in [6, 6.07) is 8.05. The van der Waals surface area contributed by atoms with Gasteiger partial charge in [-0.15, -0.1) is 0 Å². The number of benzene rings is 1. The summed E-state index contributed by atoms with van der Waals surface area (Å²) in [5, 5.41) is 0. The van der Waals surface area contributed by atoms with Gasteiger partial charge in [-0.25, -0.2) is 9.97 Å². The van der Waals surface area contributed by atoms with Crippen molar-refractivity contribution in [2.45, 2.75) is 23.9 Å². The van der Waals surface area contributed by atoms with E-state index in [1.54, 1.807) is 4.90 Å². The zero-order valence-corrected chi connectivity index (χ0v) is 24.3. The Balaban J connectivity index is 1.43. The number of ether oxygens (including phenoxy) is 1. The minimum atomic E-state index is -0.00640. The molecule has 38 heavy (non-hydrogen) atoms. The lowest BCUT2D eigenvalue weighted by molar-refractivity contribution is -0.132. The first-order valence-electron chi connectivity index (χ1n) is 12.9. The van der Waals surface area contributed by atoms with Crippen molar-refractivity contribution >= 4 is 56.5 Å². The molecule has 12 heteroatoms. The van der Waals surface area contributed by atoms with E-state index in [2.05, 4.69) is 37.0 Å². The second-order valence-corrected chi connectivity index (χ2v) is 11.4. The topological polar surface area (TPSA) is 97.4 Å². The molecule has 4 aromatic rings. The normalized spacial score (nSPS) is 20.6. The number of likely N-dealkylation sites (tertiary alicyclic amines) is 1. The summed E-state index contributed by atoms with van der Waals surface area (Å²) >= 11 is 2.41. The molecule has 2 fully saturated rings. The summed E-state index contributed by atoms with van der Waals surface area (Å²) < 4.78 is 9.83. The van der Waals surface area contributed by atoms with E-state index in [9.17, 15) is 4.79 Å². The molecule has 11 nitrogen and oxygen atoms in total. The number of hydrogen-bond acceptors (Lipinski definition) is 8. The summed E-state index contributed by atoms with van der Waals surface area (Å²) in [5.41, 5.74) is 3.46. The molecule has 1 aromatic carbocycles. The van der Waals surface area contributed by atoms with Crippen LogP contribution in [0.3, 0.4) is 0 Å². The Labute approximate surface area is 234 Å². The summed E-state index contributed by atoms with van der Waals surface area (Å²) in [5.74, 6) is 3.33. The van der Waals surface area contributed by atoms with E-state index in [1.807, 2.05) is 56.9 Å². The maximum absolute atomic E-state index is 12.7. The maximum Gasteiger partial charge on any atom is 0.239 e. The van der Waals surface area contributed by atoms with E-state index in [1.165, 1.54) is 0 Å². The number of halogens is 1. The Bertz CT molecular complexity index is 1510. The van der Waals surface area contributed by atoms with Crippen LogP contribution >= 0.6 is 22.6 Å². The number of alkyl halides is 1. The van der Waals surface area contributed by atoms with Crippen molar-refractivity contribution in [2.75, 3.05) is 51.8 Å². The van der Waals surface area contributed by atoms with E-state index in [0.29, 0.717) is 25.7 Å². The molecule has 0 spiro atoms. The largest absolute Gasteiger partial charge is 0.378 e. The molecule has 0 N–H and O–H groups in total. The minimum Gasteiger partial charge on any atom is -0.378 e. The lowest BCUT2D eigenvalue weighted by Gasteiger charge is -2.28. The molecule has 2 unspecified atom stereocenters. The quantitative estimate of drug-likeness (QED) is 0.189. The molecule has 3 aromatic heterocycles. The Kier molecular flexibility index (Phi) is 6.72. The number of nitrogens with zero attached hydrogens (tertiary/aromatic N) is 9. The summed E-state index contributed by atoms with van der Waals surface area (Å²) in [6.07, 6.45) is 0.852. The van der Waals surface area contributed by atoms with Crippen LogP contribution in [0.15, 0.2) is 24.3 Å². The number of hydrogen-bond donors (Lipinski definition) is 0. The van der Waals surface area contributed by atoms with E-state index in [0.717, 1.165) is 65.7 Å². The van der Waals surface area contributed by atoms with Crippen molar-refractivity contribution in [1.82, 2.24) is 38.9 Å². The van der Waals surface area contributed by atoms with Gasteiger partial charge in [0.05, 0.1) is 40.8 Å². The highest BCUT2D eigenvalue weighted by Gasteiger charge is 2.38. The predicted molar refractivity (Wildman–Crippen MR) is 154 cm³/mol. The molecule has 2 aliphatic heterocycles. The summed E-state index contributed by atoms with van der Waals surface area (Å²) in [4.78, 5) is 38.9. The van der Waals surface area contributed by atoms with Crippen LogP contribution in [0.5, 0.6) is 0 Å². The van der Waals surface area contributed by atoms with Crippen LogP contribution in [0.4, 0.5) is 5.82 Å². The fourth-order valence-corrected chi connectivity index (χ4v) is 6.60. The number of carbonyl (C=O) groups excluding carboxylic acids is 1. The molecule has 0 bridgehead atoms. The number of fused-ring (bicyclic) bond motifs is 2. The number of imidazole rings is 2. The number of rotatable bonds is 5. The standard InChI is InChI=1S/C26H32IN9O2/c1-16-28-18-7-5-6-8-19(18)36(16)26-30-23-21(24(31-26)34-11-13-38-14-12-34)29-20(33(23)4)15-35-10-9-17(22(35)27)25(37)32(2)3/h5-8,17,22H,9-15H2,1-4H3. The molecule has 1 amide bonds. The molecule has 6 rings (SSSR count). The number of amides is 1. The summed E-state index contributed by atoms with van der Waals surface area (Å²) in [7, 11) is 5.67. The Hall–Kier alpha value is -2.84. The van der Waals surface area contributed by atoms with Gasteiger partial charge in [0.2, 0.25) is 11.9 Å². The number of morpholine rings is 1. The highest BCUT2D eigenvalue weighted by Crippen LogP contribution is 2.33. The molecule has 2 saturated heterocycles. The predicted octanol–water partition coefficient (Wildman–Crippen LogP) is 2.52. The first-order chi connectivity index (χ1) is 18.3. The molecular formula is C26H32IN9O2. The molecule has 0 aliphatic carbocycles. The highest BCUT2D eigenvalue weighted by atomic mass is 127. The van der Waals surface area contributed by atoms with Crippen LogP contribution in [0.2, 0.25) is 0 Å². The maximum atomic E-state index is 12.7. The molecular weight excluding hydrogens is 597 g/mol. The van der Waals surface area contributed by atoms with Crippen LogP contribution in [-0.4, -0.2) is 95.8 Å². The van der Waals surface area contributed by atoms with Gasteiger partial charge in [-0.1, -0.05) is 34.7 Å². The average molecular weight is 630 g/mol. The van der Waals surface area contributed by atoms with Gasteiger partial charge in [-0.05, 0) is 25.5 Å². The van der Waals surface area contributed by atoms with E-state index < -0.39 is 0 Å². The Morgan fingerprint density at radius 1 is 1.11 bits per heavy atom. The number of aromatic nitrogens is 6. The van der Waals surface area contributed by atoms with Gasteiger partial charge in [-0.3, -0.25) is 14.3 Å². The van der Waals surface area contributed by atoms with E-state index >= 15 is 0 Å². The second-order valence-electron chi connectivity index (χ2n) is 10.2. The summed E-state index contributed by atoms with van der Waals surface area (Å²) in [6.45, 7) is 6.28. The Morgan fingerprint density at radius 3 is 2.63 bits per heavy atom. The first kappa shape index (κ1) is 25.4. The van der Waals surface area contributed by atoms with Crippen LogP contribution < -0.4 is 4.90 Å². The van der Waals surface area contributed by atoms with Crippen LogP contribution in [-0.2, 0) is 23.1 Å². The molecule has 2 aliphatic rings. The number of para-hydroxylation sites is 2. The highest BCUT2D eigenvalue weighted by molar-refractivity contribution is 14.1. The van der Waals surface area contributed by atoms with Gasteiger partial charge in [0.25, 0.3) is 0 Å². The third-order valence-corrected chi connectivity index (χ3v) is 9.19. The van der Waals surface area contributed by atoms with E-state index in [4.69, 9.17) is 24.7 Å². The zero-order chi connectivity index (χ0) is 26.6. The number of anilines is 1. The molecule has 5 heterocycles. The van der Waals surface area contributed by atoms with Gasteiger partial charge < -0.3 is 19.1 Å². The van der Waals surface area contributed by atoms with Gasteiger partial charge >= 0.3 is 0 Å². The number of carbonyl (C=O) groups is 1. The number of aryl methyl sites for hydroxylation is 2. The molecule has 200 valence electrons. The van der Waals surface area contributed by atoms with Gasteiger partial charge in [0, 0.05) is 40.8 Å². The lowest BCUT2D eigenvalue weighted by atomic mass is 10.1. The van der Waals surface area contributed by atoms with Crippen molar-refractivity contribution in [3.8, 4) is 5.95 Å². The molecule has 2 atom stereocenters. The zero-order valence-electron chi connectivity index (χ0n) is 22.1. The van der Waals surface area contributed by atoms with Crippen LogP contribution in [0.25, 0.3) is 28.1 Å². The minimum absolute atomic E-state index is 0.00640. The molecule has 0 radical (unpaired) electrons. The average Bonchev–Trinajstić information content (AvgIpc) is 3.56. The molecule has 0 saturated carbocycles. The van der Waals surface area contributed by atoms with Crippen molar-refractivity contribution in [1.29, 1.82) is 0 Å². The van der Waals surface area contributed by atoms with Crippen molar-refractivity contribution in [3.05, 3.63) is 35.9 Å². The third-order valence-electron chi connectivity index (χ3n) is 7.53. The van der Waals surface area contributed by atoms with Crippen LogP contribution in [0, 0.1) is 12.8 Å². The van der Waals surface area contributed by atoms with Crippen molar-refractivity contribution < 1.29 is 9.53 Å². The van der Waals surface area contributed by atoms with Gasteiger partial charge in [0.15, 0.2) is 17.0 Å². The van der Waals surface area contributed by atoms with Gasteiger partial charge in [0.1, 0.15) is 11.6 Å². The van der Waals surface area contributed by atoms with Gasteiger partial charge in [-0.2, -0.15) is 9.97 Å². The fraction of sp³-hybridized carbons (Fsp3) is 0.500. The lowest BCUT2D eigenvalue weighted by Crippen LogP contribution is -2.37. The monoisotopic (exact) mass is 629 g/mol. The third kappa shape index (κ3) is 4.31. The first-order valence-corrected chi connectivity index (χ1v) is 14.2. The van der Waals surface area contributed by atoms with Crippen LogP contribution in [0.1, 0.15) is 18.1 Å². The van der Waals surface area contributed by atoms with Crippen molar-refractivity contribution in [2.24, 2.45) is 13.0 Å².